The van der Waals surface area contributed by atoms with E-state index in [4.69, 9.17) is 0 Å². The fraction of sp³-hybridized carbons (Fsp3) is 0.844. The Hall–Kier alpha value is -2.73. The van der Waals surface area contributed by atoms with Crippen LogP contribution in [0, 0.1) is 11.8 Å². The van der Waals surface area contributed by atoms with Crippen LogP contribution in [0.5, 0.6) is 0 Å². The Kier molecular flexibility index (Phi) is 14.1. The second-order valence-electron chi connectivity index (χ2n) is 14.2. The molecule has 252 valence electrons. The predicted molar refractivity (Wildman–Crippen MR) is 171 cm³/mol. The molecule has 2 aliphatic heterocycles. The van der Waals surface area contributed by atoms with Gasteiger partial charge in [0, 0.05) is 32.6 Å². The van der Waals surface area contributed by atoms with Gasteiger partial charge in [-0.15, -0.1) is 0 Å². The Labute approximate surface area is 264 Å². The molecule has 0 saturated carbocycles. The molecule has 0 aromatic heterocycles. The first-order chi connectivity index (χ1) is 20.5. The first-order valence-electron chi connectivity index (χ1n) is 16.4. The number of carbonyl (C=O) groups is 5. The van der Waals surface area contributed by atoms with E-state index in [1.165, 1.54) is 27.2 Å². The van der Waals surface area contributed by atoms with Crippen LogP contribution in [0.25, 0.3) is 0 Å². The van der Waals surface area contributed by atoms with Gasteiger partial charge in [0.1, 0.15) is 17.1 Å². The van der Waals surface area contributed by atoms with E-state index in [0.717, 1.165) is 45.4 Å². The first kappa shape index (κ1) is 37.5. The largest absolute Gasteiger partial charge is 0.350 e. The Morgan fingerprint density at radius 1 is 0.841 bits per heavy atom. The van der Waals surface area contributed by atoms with Gasteiger partial charge in [-0.1, -0.05) is 34.6 Å². The minimum absolute atomic E-state index is 0.0534. The average Bonchev–Trinajstić information content (AvgIpc) is 3.40. The second-order valence-corrected chi connectivity index (χ2v) is 14.2. The molecule has 2 heterocycles. The van der Waals surface area contributed by atoms with Crippen molar-refractivity contribution in [2.24, 2.45) is 11.8 Å². The number of hydrogen-bond acceptors (Lipinski definition) is 7. The van der Waals surface area contributed by atoms with Crippen molar-refractivity contribution in [1.29, 1.82) is 0 Å². The van der Waals surface area contributed by atoms with E-state index in [-0.39, 0.29) is 30.3 Å². The monoisotopic (exact) mass is 621 g/mol. The minimum atomic E-state index is -1.20. The van der Waals surface area contributed by atoms with Gasteiger partial charge in [-0.3, -0.25) is 33.8 Å². The molecule has 2 rings (SSSR count). The third-order valence-electron chi connectivity index (χ3n) is 8.62. The lowest BCUT2D eigenvalue weighted by Crippen LogP contribution is -2.63. The van der Waals surface area contributed by atoms with Gasteiger partial charge in [-0.2, -0.15) is 0 Å². The van der Waals surface area contributed by atoms with Gasteiger partial charge in [0.2, 0.25) is 29.5 Å². The van der Waals surface area contributed by atoms with E-state index in [0.29, 0.717) is 24.9 Å². The van der Waals surface area contributed by atoms with Crippen molar-refractivity contribution in [2.45, 2.75) is 130 Å². The van der Waals surface area contributed by atoms with E-state index in [1.807, 2.05) is 20.8 Å². The second kappa shape index (κ2) is 16.5. The highest BCUT2D eigenvalue weighted by Gasteiger charge is 2.39. The van der Waals surface area contributed by atoms with Crippen LogP contribution in [0.15, 0.2) is 0 Å². The van der Waals surface area contributed by atoms with Gasteiger partial charge in [-0.05, 0) is 77.7 Å². The molecule has 2 fully saturated rings. The molecular weight excluding hydrogens is 562 g/mol. The summed E-state index contributed by atoms with van der Waals surface area (Å²) in [5.74, 6) is -1.65. The van der Waals surface area contributed by atoms with E-state index >= 15 is 0 Å². The summed E-state index contributed by atoms with van der Waals surface area (Å²) in [7, 11) is 0. The Morgan fingerprint density at radius 3 is 2.07 bits per heavy atom. The summed E-state index contributed by atoms with van der Waals surface area (Å²) in [6, 6.07) is -0.947. The lowest BCUT2D eigenvalue weighted by Gasteiger charge is -2.42. The van der Waals surface area contributed by atoms with Crippen LogP contribution < -0.4 is 26.6 Å². The smallest absolute Gasteiger partial charge is 0.245 e. The Balaban J connectivity index is 2.07. The third kappa shape index (κ3) is 11.3. The number of nitrogens with one attached hydrogen (secondary N) is 5. The summed E-state index contributed by atoms with van der Waals surface area (Å²) < 4.78 is 0. The van der Waals surface area contributed by atoms with Crippen molar-refractivity contribution < 1.29 is 24.0 Å². The maximum absolute atomic E-state index is 13.8. The van der Waals surface area contributed by atoms with Crippen LogP contribution >= 0.6 is 0 Å². The molecule has 0 aromatic rings. The normalized spacial score (nSPS) is 20.3. The van der Waals surface area contributed by atoms with E-state index < -0.39 is 34.8 Å². The topological polar surface area (TPSA) is 152 Å². The summed E-state index contributed by atoms with van der Waals surface area (Å²) in [4.78, 5) is 69.1. The summed E-state index contributed by atoms with van der Waals surface area (Å²) >= 11 is 0. The zero-order chi connectivity index (χ0) is 33.2. The van der Waals surface area contributed by atoms with Crippen LogP contribution in [-0.2, 0) is 24.0 Å². The van der Waals surface area contributed by atoms with E-state index in [2.05, 4.69) is 50.2 Å². The zero-order valence-corrected chi connectivity index (χ0v) is 28.6. The molecule has 0 radical (unpaired) electrons. The number of amides is 5. The maximum Gasteiger partial charge on any atom is 0.245 e. The fourth-order valence-electron chi connectivity index (χ4n) is 6.19. The van der Waals surface area contributed by atoms with E-state index in [1.54, 1.807) is 6.92 Å². The molecule has 0 aliphatic carbocycles. The van der Waals surface area contributed by atoms with Gasteiger partial charge in [0.15, 0.2) is 0 Å². The SMILES string of the molecule is CC[C@](C)(NC(=O)[C@H](CC(C)C)NC(=O)CNC(=O)C(C)(C)NC(C)=O)C(=O)NC(CC(C)C)CN1CCCN2CCCC21. The summed E-state index contributed by atoms with van der Waals surface area (Å²) in [6.45, 7) is 19.9. The standard InChI is InChI=1S/C32H59N7O5/c1-10-32(9,30(44)34-24(17-21(2)3)20-39-16-12-15-38-14-11-13-27(38)39)37-28(42)25(18-22(4)5)35-26(41)19-33-29(43)31(7,8)36-23(6)40/h21-22,24-25,27H,10-20H2,1-9H3,(H,33,43)(H,34,44)(H,35,41)(H,36,40)(H,37,42)/t24?,25-,27?,32-/m0/s1. The molecule has 2 unspecified atom stereocenters. The Morgan fingerprint density at radius 2 is 1.48 bits per heavy atom. The number of fused-ring (bicyclic) bond motifs is 1. The van der Waals surface area contributed by atoms with E-state index in [9.17, 15) is 24.0 Å². The maximum atomic E-state index is 13.8. The number of carbonyl (C=O) groups excluding carboxylic acids is 5. The average molecular weight is 622 g/mol. The summed E-state index contributed by atoms with van der Waals surface area (Å²) in [6.07, 6.45) is 5.49. The van der Waals surface area contributed by atoms with Gasteiger partial charge in [0.25, 0.3) is 0 Å². The van der Waals surface area contributed by atoms with Crippen molar-refractivity contribution in [3.8, 4) is 0 Å². The molecule has 12 heteroatoms. The number of nitrogens with zero attached hydrogens (tertiary/aromatic N) is 2. The predicted octanol–water partition coefficient (Wildman–Crippen LogP) is 1.49. The van der Waals surface area contributed by atoms with Crippen LogP contribution in [0.2, 0.25) is 0 Å². The molecule has 44 heavy (non-hydrogen) atoms. The first-order valence-corrected chi connectivity index (χ1v) is 16.4. The van der Waals surface area contributed by atoms with Crippen LogP contribution in [-0.4, -0.2) is 101 Å². The minimum Gasteiger partial charge on any atom is -0.350 e. The molecular formula is C32H59N7O5. The van der Waals surface area contributed by atoms with Crippen molar-refractivity contribution in [1.82, 2.24) is 36.4 Å². The van der Waals surface area contributed by atoms with Crippen molar-refractivity contribution in [2.75, 3.05) is 32.7 Å². The highest BCUT2D eigenvalue weighted by molar-refractivity contribution is 5.96. The molecule has 5 amide bonds. The van der Waals surface area contributed by atoms with Gasteiger partial charge < -0.3 is 26.6 Å². The van der Waals surface area contributed by atoms with Crippen molar-refractivity contribution in [3.05, 3.63) is 0 Å². The molecule has 4 atom stereocenters. The molecule has 5 N–H and O–H groups in total. The van der Waals surface area contributed by atoms with Crippen LogP contribution in [0.4, 0.5) is 0 Å². The quantitative estimate of drug-likeness (QED) is 0.175. The fourth-order valence-corrected chi connectivity index (χ4v) is 6.19. The Bertz CT molecular complexity index is 1020. The molecule has 0 spiro atoms. The highest BCUT2D eigenvalue weighted by Crippen LogP contribution is 2.26. The molecule has 0 bridgehead atoms. The lowest BCUT2D eigenvalue weighted by molar-refractivity contribution is -0.136. The molecule has 2 saturated heterocycles. The van der Waals surface area contributed by atoms with Gasteiger partial charge in [-0.25, -0.2) is 0 Å². The summed E-state index contributed by atoms with van der Waals surface area (Å²) in [5, 5.41) is 14.0. The van der Waals surface area contributed by atoms with Gasteiger partial charge in [0.05, 0.1) is 12.7 Å². The summed E-state index contributed by atoms with van der Waals surface area (Å²) in [5.41, 5.74) is -2.38. The van der Waals surface area contributed by atoms with Crippen LogP contribution in [0.3, 0.4) is 0 Å². The molecule has 2 aliphatic rings. The molecule has 0 aromatic carbocycles. The van der Waals surface area contributed by atoms with Crippen LogP contribution in [0.1, 0.15) is 101 Å². The number of rotatable bonds is 16. The van der Waals surface area contributed by atoms with Gasteiger partial charge >= 0.3 is 0 Å². The van der Waals surface area contributed by atoms with Crippen molar-refractivity contribution >= 4 is 29.5 Å². The highest BCUT2D eigenvalue weighted by atomic mass is 16.2. The molecule has 12 nitrogen and oxygen atoms in total. The zero-order valence-electron chi connectivity index (χ0n) is 28.6. The third-order valence-corrected chi connectivity index (χ3v) is 8.62. The lowest BCUT2D eigenvalue weighted by atomic mass is 9.94. The number of hydrogen-bond donors (Lipinski definition) is 5. The van der Waals surface area contributed by atoms with Crippen molar-refractivity contribution in [3.63, 3.8) is 0 Å².